The lowest BCUT2D eigenvalue weighted by Crippen LogP contribution is -2.36. The smallest absolute Gasteiger partial charge is 0.264 e. The van der Waals surface area contributed by atoms with E-state index in [0.29, 0.717) is 24.3 Å². The molecule has 0 unspecified atom stereocenters. The molecule has 1 aliphatic rings. The summed E-state index contributed by atoms with van der Waals surface area (Å²) >= 11 is 0. The van der Waals surface area contributed by atoms with Crippen LogP contribution in [0.1, 0.15) is 22.3 Å². The van der Waals surface area contributed by atoms with Gasteiger partial charge in [0.25, 0.3) is 15.9 Å². The second-order valence-corrected chi connectivity index (χ2v) is 9.61. The number of benzene rings is 3. The maximum Gasteiger partial charge on any atom is 0.264 e. The van der Waals surface area contributed by atoms with Crippen LogP contribution in [0.5, 0.6) is 5.75 Å². The number of hydrogen-bond acceptors (Lipinski definition) is 4. The van der Waals surface area contributed by atoms with Gasteiger partial charge in [-0.2, -0.15) is 0 Å². The van der Waals surface area contributed by atoms with E-state index in [-0.39, 0.29) is 28.3 Å². The second-order valence-electron chi connectivity index (χ2n) is 7.64. The van der Waals surface area contributed by atoms with Crippen LogP contribution in [0.25, 0.3) is 0 Å². The van der Waals surface area contributed by atoms with Crippen LogP contribution in [0.15, 0.2) is 65.6 Å². The van der Waals surface area contributed by atoms with Gasteiger partial charge in [0.1, 0.15) is 17.4 Å². The molecule has 0 atom stereocenters. The predicted octanol–water partition coefficient (Wildman–Crippen LogP) is 4.39. The zero-order chi connectivity index (χ0) is 23.8. The summed E-state index contributed by atoms with van der Waals surface area (Å²) in [6, 6.07) is 14.1. The third kappa shape index (κ3) is 4.28. The minimum Gasteiger partial charge on any atom is -0.497 e. The summed E-state index contributed by atoms with van der Waals surface area (Å²) in [5.74, 6) is -1.40. The van der Waals surface area contributed by atoms with Gasteiger partial charge >= 0.3 is 0 Å². The van der Waals surface area contributed by atoms with Gasteiger partial charge in [0.05, 0.1) is 23.4 Å². The van der Waals surface area contributed by atoms with Crippen LogP contribution in [0.4, 0.5) is 20.2 Å². The van der Waals surface area contributed by atoms with E-state index >= 15 is 0 Å². The molecule has 0 radical (unpaired) electrons. The first kappa shape index (κ1) is 22.7. The number of fused-ring (bicyclic) bond motifs is 1. The van der Waals surface area contributed by atoms with Crippen molar-refractivity contribution in [2.75, 3.05) is 29.9 Å². The molecule has 33 heavy (non-hydrogen) atoms. The summed E-state index contributed by atoms with van der Waals surface area (Å²) in [6.45, 7) is 0.275. The number of halogens is 2. The summed E-state index contributed by atoms with van der Waals surface area (Å²) in [6.07, 6.45) is 0.909. The Kier molecular flexibility index (Phi) is 6.07. The highest BCUT2D eigenvalue weighted by Crippen LogP contribution is 2.32. The molecule has 4 rings (SSSR count). The summed E-state index contributed by atoms with van der Waals surface area (Å²) < 4.78 is 60.7. The van der Waals surface area contributed by atoms with Crippen molar-refractivity contribution < 1.29 is 26.7 Å². The predicted molar refractivity (Wildman–Crippen MR) is 121 cm³/mol. The molecule has 0 saturated heterocycles. The van der Waals surface area contributed by atoms with Gasteiger partial charge in [0.15, 0.2) is 0 Å². The largest absolute Gasteiger partial charge is 0.497 e. The van der Waals surface area contributed by atoms with E-state index in [2.05, 4.69) is 0 Å². The van der Waals surface area contributed by atoms with Gasteiger partial charge in [-0.25, -0.2) is 17.2 Å². The Morgan fingerprint density at radius 1 is 1.06 bits per heavy atom. The minimum atomic E-state index is -3.97. The number of carbonyl (C=O) groups is 1. The molecule has 0 aliphatic carbocycles. The number of carbonyl (C=O) groups excluding carboxylic acids is 1. The van der Waals surface area contributed by atoms with Crippen LogP contribution in [0, 0.1) is 11.6 Å². The maximum atomic E-state index is 14.2. The van der Waals surface area contributed by atoms with Gasteiger partial charge in [-0.05, 0) is 61.4 Å². The minimum absolute atomic E-state index is 0.0747. The number of methoxy groups -OCH3 is 1. The van der Waals surface area contributed by atoms with E-state index in [9.17, 15) is 22.0 Å². The Labute approximate surface area is 191 Å². The fourth-order valence-electron chi connectivity index (χ4n) is 3.86. The average molecular weight is 473 g/mol. The zero-order valence-corrected chi connectivity index (χ0v) is 18.9. The summed E-state index contributed by atoms with van der Waals surface area (Å²) in [7, 11) is -1.04. The van der Waals surface area contributed by atoms with Crippen molar-refractivity contribution in [3.63, 3.8) is 0 Å². The van der Waals surface area contributed by atoms with Crippen LogP contribution in [-0.4, -0.2) is 35.0 Å². The number of sulfonamides is 1. The van der Waals surface area contributed by atoms with Gasteiger partial charge in [-0.15, -0.1) is 0 Å². The highest BCUT2D eigenvalue weighted by atomic mass is 32.2. The van der Waals surface area contributed by atoms with Crippen molar-refractivity contribution in [2.45, 2.75) is 17.7 Å². The quantitative estimate of drug-likeness (QED) is 0.552. The van der Waals surface area contributed by atoms with Gasteiger partial charge < -0.3 is 9.64 Å². The molecule has 1 heterocycles. The van der Waals surface area contributed by atoms with Crippen molar-refractivity contribution in [3.8, 4) is 5.75 Å². The van der Waals surface area contributed by atoms with Gasteiger partial charge in [0.2, 0.25) is 0 Å². The lowest BCUT2D eigenvalue weighted by Gasteiger charge is -2.30. The van der Waals surface area contributed by atoms with E-state index in [0.717, 1.165) is 16.4 Å². The van der Waals surface area contributed by atoms with Gasteiger partial charge in [-0.1, -0.05) is 6.07 Å². The van der Waals surface area contributed by atoms with Crippen LogP contribution < -0.4 is 13.9 Å². The average Bonchev–Trinajstić information content (AvgIpc) is 2.83. The topological polar surface area (TPSA) is 66.9 Å². The molecule has 9 heteroatoms. The molecule has 0 N–H and O–H groups in total. The maximum absolute atomic E-state index is 14.2. The first-order valence-electron chi connectivity index (χ1n) is 10.2. The van der Waals surface area contributed by atoms with Gasteiger partial charge in [0, 0.05) is 30.8 Å². The molecule has 0 aromatic heterocycles. The molecule has 0 spiro atoms. The summed E-state index contributed by atoms with van der Waals surface area (Å²) in [5.41, 5.74) is 0.978. The number of anilines is 2. The van der Waals surface area contributed by atoms with Crippen molar-refractivity contribution in [1.29, 1.82) is 0 Å². The number of rotatable bonds is 5. The Hall–Kier alpha value is -3.46. The third-order valence-corrected chi connectivity index (χ3v) is 7.44. The lowest BCUT2D eigenvalue weighted by atomic mass is 10.00. The van der Waals surface area contributed by atoms with E-state index in [4.69, 9.17) is 4.74 Å². The summed E-state index contributed by atoms with van der Waals surface area (Å²) in [5, 5.41) is 0. The number of amides is 1. The van der Waals surface area contributed by atoms with Crippen LogP contribution in [0.2, 0.25) is 0 Å². The monoisotopic (exact) mass is 472 g/mol. The Morgan fingerprint density at radius 2 is 1.79 bits per heavy atom. The van der Waals surface area contributed by atoms with Crippen molar-refractivity contribution in [1.82, 2.24) is 0 Å². The SMILES string of the molecule is COc1ccc(N(C)S(=O)(=O)c2cccc(C(=O)N3CCCc4c(F)cc(F)cc43)c2)cc1. The Bertz CT molecular complexity index is 1310. The van der Waals surface area contributed by atoms with E-state index in [1.54, 1.807) is 24.3 Å². The fraction of sp³-hybridized carbons (Fsp3) is 0.208. The summed E-state index contributed by atoms with van der Waals surface area (Å²) in [4.78, 5) is 14.5. The highest BCUT2D eigenvalue weighted by Gasteiger charge is 2.28. The molecule has 3 aromatic carbocycles. The Morgan fingerprint density at radius 3 is 2.48 bits per heavy atom. The lowest BCUT2D eigenvalue weighted by molar-refractivity contribution is 0.0984. The van der Waals surface area contributed by atoms with E-state index in [1.807, 2.05) is 0 Å². The third-order valence-electron chi connectivity index (χ3n) is 5.66. The van der Waals surface area contributed by atoms with Crippen LogP contribution >= 0.6 is 0 Å². The highest BCUT2D eigenvalue weighted by molar-refractivity contribution is 7.92. The molecular weight excluding hydrogens is 450 g/mol. The van der Waals surface area contributed by atoms with Crippen molar-refractivity contribution in [2.24, 2.45) is 0 Å². The molecule has 1 aliphatic heterocycles. The molecule has 0 fully saturated rings. The molecule has 0 saturated carbocycles. The number of nitrogens with zero attached hydrogens (tertiary/aromatic N) is 2. The number of ether oxygens (including phenoxy) is 1. The molecular formula is C24H22F2N2O4S. The standard InChI is InChI=1S/C24H22F2N2O4S/c1-27(18-8-10-19(32-2)11-9-18)33(30,31)20-6-3-5-16(13-20)24(29)28-12-4-7-21-22(26)14-17(25)15-23(21)28/h3,5-6,8-11,13-15H,4,7,12H2,1-2H3. The van der Waals surface area contributed by atoms with E-state index < -0.39 is 27.6 Å². The molecule has 3 aromatic rings. The number of hydrogen-bond donors (Lipinski definition) is 0. The molecule has 1 amide bonds. The zero-order valence-electron chi connectivity index (χ0n) is 18.1. The fourth-order valence-corrected chi connectivity index (χ4v) is 5.10. The molecule has 0 bridgehead atoms. The Balaban J connectivity index is 1.66. The van der Waals surface area contributed by atoms with E-state index in [1.165, 1.54) is 43.3 Å². The van der Waals surface area contributed by atoms with Crippen molar-refractivity contribution >= 4 is 27.3 Å². The van der Waals surface area contributed by atoms with Gasteiger partial charge in [-0.3, -0.25) is 9.10 Å². The normalized spacial score (nSPS) is 13.4. The first-order valence-corrected chi connectivity index (χ1v) is 11.7. The first-order chi connectivity index (χ1) is 15.7. The molecule has 6 nitrogen and oxygen atoms in total. The van der Waals surface area contributed by atoms with Crippen molar-refractivity contribution in [3.05, 3.63) is 83.4 Å². The van der Waals surface area contributed by atoms with Crippen LogP contribution in [0.3, 0.4) is 0 Å². The van der Waals surface area contributed by atoms with Crippen LogP contribution in [-0.2, 0) is 16.4 Å². The molecule has 172 valence electrons. The second kappa shape index (κ2) is 8.82.